The van der Waals surface area contributed by atoms with Crippen LogP contribution in [0.4, 0.5) is 16.2 Å². The summed E-state index contributed by atoms with van der Waals surface area (Å²) in [5.41, 5.74) is 2.64. The number of amides is 3. The van der Waals surface area contributed by atoms with E-state index in [1.54, 1.807) is 38.3 Å². The number of ether oxygens (including phenoxy) is 3. The first-order valence-electron chi connectivity index (χ1n) is 12.3. The zero-order chi connectivity index (χ0) is 26.3. The van der Waals surface area contributed by atoms with Gasteiger partial charge in [0.25, 0.3) is 0 Å². The van der Waals surface area contributed by atoms with Gasteiger partial charge in [-0.15, -0.1) is 0 Å². The number of nitrogens with one attached hydrogen (secondary N) is 2. The quantitative estimate of drug-likeness (QED) is 0.476. The van der Waals surface area contributed by atoms with Crippen molar-refractivity contribution in [1.82, 2.24) is 5.32 Å². The van der Waals surface area contributed by atoms with Crippen molar-refractivity contribution in [2.75, 3.05) is 23.9 Å². The van der Waals surface area contributed by atoms with Gasteiger partial charge < -0.3 is 24.8 Å². The Morgan fingerprint density at radius 1 is 1.14 bits per heavy atom. The summed E-state index contributed by atoms with van der Waals surface area (Å²) in [6.45, 7) is 8.08. The number of hydrogen-bond acceptors (Lipinski definition) is 5. The molecule has 3 amide bonds. The van der Waals surface area contributed by atoms with Crippen LogP contribution in [0, 0.1) is 19.8 Å². The summed E-state index contributed by atoms with van der Waals surface area (Å²) in [7, 11) is 1.56. The van der Waals surface area contributed by atoms with Crippen LogP contribution < -0.4 is 29.7 Å². The van der Waals surface area contributed by atoms with E-state index in [0.29, 0.717) is 40.8 Å². The van der Waals surface area contributed by atoms with Gasteiger partial charge in [0, 0.05) is 17.3 Å². The molecule has 3 atom stereocenters. The average Bonchev–Trinajstić information content (AvgIpc) is 2.86. The summed E-state index contributed by atoms with van der Waals surface area (Å²) in [6.07, 6.45) is 0. The molecule has 3 aromatic carbocycles. The second-order valence-corrected chi connectivity index (χ2v) is 9.51. The zero-order valence-electron chi connectivity index (χ0n) is 21.6. The molecule has 192 valence electrons. The van der Waals surface area contributed by atoms with Gasteiger partial charge in [0.05, 0.1) is 25.4 Å². The molecule has 2 N–H and O–H groups in total. The molecular weight excluding hydrogens is 470 g/mol. The zero-order valence-corrected chi connectivity index (χ0v) is 21.6. The van der Waals surface area contributed by atoms with E-state index in [1.807, 2.05) is 57.2 Å². The van der Waals surface area contributed by atoms with Crippen LogP contribution in [0.1, 0.15) is 36.6 Å². The van der Waals surface area contributed by atoms with Gasteiger partial charge in [0.15, 0.2) is 11.5 Å². The minimum atomic E-state index is -1.37. The maximum atomic E-state index is 14.0. The Hall–Kier alpha value is -4.20. The summed E-state index contributed by atoms with van der Waals surface area (Å²) in [5, 5.41) is 6.16. The number of hydrogen-bond donors (Lipinski definition) is 2. The molecule has 2 aliphatic heterocycles. The van der Waals surface area contributed by atoms with E-state index in [4.69, 9.17) is 14.2 Å². The molecule has 0 aromatic heterocycles. The fourth-order valence-corrected chi connectivity index (χ4v) is 5.34. The molecule has 3 aromatic rings. The van der Waals surface area contributed by atoms with E-state index in [9.17, 15) is 9.59 Å². The molecule has 2 heterocycles. The van der Waals surface area contributed by atoms with Gasteiger partial charge in [-0.3, -0.25) is 9.69 Å². The minimum absolute atomic E-state index is 0.264. The maximum Gasteiger partial charge on any atom is 0.325 e. The number of fused-ring (bicyclic) bond motifs is 4. The fourth-order valence-electron chi connectivity index (χ4n) is 5.34. The van der Waals surface area contributed by atoms with Gasteiger partial charge in [0.2, 0.25) is 11.6 Å². The molecule has 2 aliphatic rings. The summed E-state index contributed by atoms with van der Waals surface area (Å²) in [5.74, 6) is 0.603. The fraction of sp³-hybridized carbons (Fsp3) is 0.310. The van der Waals surface area contributed by atoms with E-state index >= 15 is 0 Å². The van der Waals surface area contributed by atoms with Crippen LogP contribution in [0.5, 0.6) is 17.2 Å². The first-order valence-corrected chi connectivity index (χ1v) is 12.3. The average molecular weight is 502 g/mol. The van der Waals surface area contributed by atoms with Crippen molar-refractivity contribution in [3.05, 3.63) is 77.4 Å². The largest absolute Gasteiger partial charge is 0.497 e. The topological polar surface area (TPSA) is 89.1 Å². The lowest BCUT2D eigenvalue weighted by Crippen LogP contribution is -2.72. The molecule has 8 heteroatoms. The van der Waals surface area contributed by atoms with Crippen molar-refractivity contribution >= 4 is 23.3 Å². The van der Waals surface area contributed by atoms with Crippen molar-refractivity contribution in [3.63, 3.8) is 0 Å². The van der Waals surface area contributed by atoms with Gasteiger partial charge in [-0.05, 0) is 57.5 Å². The highest BCUT2D eigenvalue weighted by molar-refractivity contribution is 6.02. The first-order chi connectivity index (χ1) is 17.8. The van der Waals surface area contributed by atoms with E-state index in [-0.39, 0.29) is 11.9 Å². The van der Waals surface area contributed by atoms with Crippen LogP contribution in [0.2, 0.25) is 0 Å². The lowest BCUT2D eigenvalue weighted by atomic mass is 9.78. The van der Waals surface area contributed by atoms with E-state index in [0.717, 1.165) is 11.1 Å². The standard InChI is InChI=1S/C29H31N3O5/c1-6-36-23-12-8-11-21-25-24(27(33)30-22-14-13-17(2)15-18(22)3)29(4,37-26(21)23)32(28(34)31-25)19-9-7-10-20(16-19)35-5/h7-16,24-25H,6H2,1-5H3,(H,30,33)(H,31,34). The number of aryl methyl sites for hydroxylation is 2. The Balaban J connectivity index is 1.65. The summed E-state index contributed by atoms with van der Waals surface area (Å²) in [4.78, 5) is 29.1. The highest BCUT2D eigenvalue weighted by atomic mass is 16.5. The molecule has 2 bridgehead atoms. The second kappa shape index (κ2) is 9.35. The van der Waals surface area contributed by atoms with Gasteiger partial charge in [-0.2, -0.15) is 0 Å². The molecule has 5 rings (SSSR count). The van der Waals surface area contributed by atoms with Crippen molar-refractivity contribution in [1.29, 1.82) is 0 Å². The summed E-state index contributed by atoms with van der Waals surface area (Å²) < 4.78 is 17.9. The number of anilines is 2. The van der Waals surface area contributed by atoms with Crippen LogP contribution in [-0.4, -0.2) is 31.4 Å². The van der Waals surface area contributed by atoms with Crippen LogP contribution in [0.3, 0.4) is 0 Å². The van der Waals surface area contributed by atoms with E-state index in [2.05, 4.69) is 10.6 Å². The van der Waals surface area contributed by atoms with Gasteiger partial charge in [-0.25, -0.2) is 4.79 Å². The van der Waals surface area contributed by atoms with Crippen LogP contribution >= 0.6 is 0 Å². The monoisotopic (exact) mass is 501 g/mol. The molecule has 0 spiro atoms. The van der Waals surface area contributed by atoms with Gasteiger partial charge in [-0.1, -0.05) is 35.9 Å². The molecule has 0 aliphatic carbocycles. The van der Waals surface area contributed by atoms with E-state index < -0.39 is 17.7 Å². The van der Waals surface area contributed by atoms with E-state index in [1.165, 1.54) is 4.90 Å². The highest BCUT2D eigenvalue weighted by Gasteiger charge is 2.60. The predicted octanol–water partition coefficient (Wildman–Crippen LogP) is 5.35. The molecular formula is C29H31N3O5. The Morgan fingerprint density at radius 2 is 1.92 bits per heavy atom. The number of carbonyl (C=O) groups excluding carboxylic acids is 2. The van der Waals surface area contributed by atoms with Crippen LogP contribution in [0.25, 0.3) is 0 Å². The third-order valence-corrected chi connectivity index (χ3v) is 7.02. The van der Waals surface area contributed by atoms with Gasteiger partial charge >= 0.3 is 6.03 Å². The van der Waals surface area contributed by atoms with Gasteiger partial charge in [0.1, 0.15) is 11.7 Å². The number of rotatable bonds is 6. The molecule has 0 saturated carbocycles. The Morgan fingerprint density at radius 3 is 2.65 bits per heavy atom. The third kappa shape index (κ3) is 4.12. The molecule has 3 unspecified atom stereocenters. The van der Waals surface area contributed by atoms with Crippen molar-refractivity contribution in [2.24, 2.45) is 5.92 Å². The number of para-hydroxylation sites is 1. The number of methoxy groups -OCH3 is 1. The van der Waals surface area contributed by atoms with Crippen molar-refractivity contribution in [2.45, 2.75) is 39.5 Å². The van der Waals surface area contributed by atoms with Crippen molar-refractivity contribution in [3.8, 4) is 17.2 Å². The number of carbonyl (C=O) groups is 2. The predicted molar refractivity (Wildman–Crippen MR) is 141 cm³/mol. The first kappa shape index (κ1) is 24.5. The number of benzene rings is 3. The second-order valence-electron chi connectivity index (χ2n) is 9.51. The Bertz CT molecular complexity index is 1370. The Labute approximate surface area is 216 Å². The summed E-state index contributed by atoms with van der Waals surface area (Å²) >= 11 is 0. The maximum absolute atomic E-state index is 14.0. The summed E-state index contributed by atoms with van der Waals surface area (Å²) in [6, 6.07) is 17.5. The van der Waals surface area contributed by atoms with Crippen molar-refractivity contribution < 1.29 is 23.8 Å². The smallest absolute Gasteiger partial charge is 0.325 e. The normalized spacial score (nSPS) is 21.9. The molecule has 8 nitrogen and oxygen atoms in total. The molecule has 1 fully saturated rings. The molecule has 1 saturated heterocycles. The SMILES string of the molecule is CCOc1cccc2c1OC1(C)C(C(=O)Nc3ccc(C)cc3C)C2NC(=O)N1c1cccc(OC)c1. The van der Waals surface area contributed by atoms with Crippen LogP contribution in [0.15, 0.2) is 60.7 Å². The minimum Gasteiger partial charge on any atom is -0.497 e. The Kier molecular flexibility index (Phi) is 6.19. The number of urea groups is 1. The lowest BCUT2D eigenvalue weighted by Gasteiger charge is -2.54. The molecule has 0 radical (unpaired) electrons. The lowest BCUT2D eigenvalue weighted by molar-refractivity contribution is -0.131. The highest BCUT2D eigenvalue weighted by Crippen LogP contribution is 2.52. The third-order valence-electron chi connectivity index (χ3n) is 7.02. The molecule has 37 heavy (non-hydrogen) atoms. The van der Waals surface area contributed by atoms with Crippen LogP contribution in [-0.2, 0) is 4.79 Å². The number of nitrogens with zero attached hydrogens (tertiary/aromatic N) is 1.